The summed E-state index contributed by atoms with van der Waals surface area (Å²) >= 11 is 10.3. The summed E-state index contributed by atoms with van der Waals surface area (Å²) in [4.78, 5) is 4.01. The van der Waals surface area contributed by atoms with E-state index >= 15 is 0 Å². The van der Waals surface area contributed by atoms with Crippen molar-refractivity contribution >= 4 is 30.6 Å². The fourth-order valence-corrected chi connectivity index (χ4v) is 2.12. The molecule has 0 bridgehead atoms. The van der Waals surface area contributed by atoms with Crippen LogP contribution in [0.15, 0.2) is 29.3 Å². The number of thiol groups is 1. The number of aliphatic hydroxyl groups excluding tert-OH is 1. The Kier molecular flexibility index (Phi) is 4.28. The molecule has 6 heteroatoms. The van der Waals surface area contributed by atoms with E-state index in [0.717, 1.165) is 5.56 Å². The molecule has 92 valence electrons. The smallest absolute Gasteiger partial charge is 0.164 e. The van der Waals surface area contributed by atoms with Crippen LogP contribution in [0.1, 0.15) is 5.56 Å². The molecule has 0 spiro atoms. The molecule has 0 radical (unpaired) electrons. The summed E-state index contributed by atoms with van der Waals surface area (Å²) in [5, 5.41) is 12.4. The molecule has 1 aliphatic rings. The van der Waals surface area contributed by atoms with Crippen molar-refractivity contribution in [2.75, 3.05) is 6.54 Å². The molecule has 1 aromatic rings. The number of benzene rings is 1. The molecule has 17 heavy (non-hydrogen) atoms. The third kappa shape index (κ3) is 3.35. The van der Waals surface area contributed by atoms with Gasteiger partial charge in [0.25, 0.3) is 0 Å². The van der Waals surface area contributed by atoms with Crippen LogP contribution in [0.25, 0.3) is 0 Å². The Morgan fingerprint density at radius 3 is 2.94 bits per heavy atom. The minimum Gasteiger partial charge on any atom is -0.391 e. The van der Waals surface area contributed by atoms with E-state index in [1.54, 1.807) is 11.3 Å². The molecular formula is C11H14ClN3OS. The van der Waals surface area contributed by atoms with Crippen LogP contribution < -0.4 is 5.43 Å². The predicted molar refractivity (Wildman–Crippen MR) is 72.3 cm³/mol. The highest BCUT2D eigenvalue weighted by Gasteiger charge is 2.20. The number of aliphatic imine (C=N–C) groups is 1. The minimum atomic E-state index is -0.515. The third-order valence-electron chi connectivity index (χ3n) is 2.53. The number of aliphatic hydroxyl groups is 1. The second-order valence-corrected chi connectivity index (χ2v) is 4.72. The monoisotopic (exact) mass is 271 g/mol. The lowest BCUT2D eigenvalue weighted by Crippen LogP contribution is -2.42. The molecule has 0 aromatic heterocycles. The van der Waals surface area contributed by atoms with E-state index in [2.05, 4.69) is 23.0 Å². The van der Waals surface area contributed by atoms with Crippen LogP contribution in [0.4, 0.5) is 0 Å². The van der Waals surface area contributed by atoms with Gasteiger partial charge in [0.1, 0.15) is 0 Å². The highest BCUT2D eigenvalue weighted by molar-refractivity contribution is 7.80. The highest BCUT2D eigenvalue weighted by atomic mass is 35.5. The van der Waals surface area contributed by atoms with Gasteiger partial charge in [0.2, 0.25) is 0 Å². The van der Waals surface area contributed by atoms with Crippen LogP contribution in [-0.4, -0.2) is 34.6 Å². The summed E-state index contributed by atoms with van der Waals surface area (Å²) in [5.74, 6) is 0. The second kappa shape index (κ2) is 5.73. The molecule has 2 atom stereocenters. The molecule has 0 saturated carbocycles. The maximum Gasteiger partial charge on any atom is 0.164 e. The van der Waals surface area contributed by atoms with E-state index < -0.39 is 6.10 Å². The fraction of sp³-hybridized carbons (Fsp3) is 0.364. The number of hydrazine groups is 1. The number of hydrogen-bond acceptors (Lipinski definition) is 5. The van der Waals surface area contributed by atoms with Crippen LogP contribution in [0.5, 0.6) is 0 Å². The van der Waals surface area contributed by atoms with Crippen molar-refractivity contribution in [2.45, 2.75) is 18.0 Å². The molecule has 2 unspecified atom stereocenters. The first-order valence-corrected chi connectivity index (χ1v) is 6.20. The first-order chi connectivity index (χ1) is 8.16. The average molecular weight is 272 g/mol. The molecule has 2 N–H and O–H groups in total. The van der Waals surface area contributed by atoms with E-state index in [1.165, 1.54) is 0 Å². The van der Waals surface area contributed by atoms with Crippen molar-refractivity contribution < 1.29 is 5.11 Å². The quantitative estimate of drug-likeness (QED) is 0.724. The zero-order valence-electron chi connectivity index (χ0n) is 9.12. The van der Waals surface area contributed by atoms with Crippen LogP contribution in [0.3, 0.4) is 0 Å². The topological polar surface area (TPSA) is 47.9 Å². The van der Waals surface area contributed by atoms with Crippen LogP contribution in [0.2, 0.25) is 5.02 Å². The van der Waals surface area contributed by atoms with E-state index in [-0.39, 0.29) is 5.50 Å². The number of hydrogen-bond donors (Lipinski definition) is 3. The van der Waals surface area contributed by atoms with Crippen LogP contribution >= 0.6 is 24.2 Å². The maximum absolute atomic E-state index is 9.98. The van der Waals surface area contributed by atoms with Crippen molar-refractivity contribution in [2.24, 2.45) is 4.99 Å². The van der Waals surface area contributed by atoms with Crippen molar-refractivity contribution in [3.63, 3.8) is 0 Å². The molecule has 0 fully saturated rings. The average Bonchev–Trinajstić information content (AvgIpc) is 2.68. The molecule has 0 amide bonds. The lowest BCUT2D eigenvalue weighted by molar-refractivity contribution is 0.101. The van der Waals surface area contributed by atoms with E-state index in [1.807, 2.05) is 24.3 Å². The van der Waals surface area contributed by atoms with Gasteiger partial charge in [0.15, 0.2) is 5.50 Å². The van der Waals surface area contributed by atoms with Gasteiger partial charge in [-0.25, -0.2) is 4.99 Å². The van der Waals surface area contributed by atoms with E-state index in [4.69, 9.17) is 11.6 Å². The molecule has 4 nitrogen and oxygen atoms in total. The first kappa shape index (κ1) is 12.7. The Bertz CT molecular complexity index is 415. The Balaban J connectivity index is 1.89. The maximum atomic E-state index is 9.98. The number of halogens is 1. The van der Waals surface area contributed by atoms with Crippen molar-refractivity contribution in [3.8, 4) is 0 Å². The second-order valence-electron chi connectivity index (χ2n) is 3.86. The first-order valence-electron chi connectivity index (χ1n) is 5.31. The Labute approximate surface area is 111 Å². The third-order valence-corrected chi connectivity index (χ3v) is 3.31. The highest BCUT2D eigenvalue weighted by Crippen LogP contribution is 2.17. The van der Waals surface area contributed by atoms with Gasteiger partial charge in [-0.05, 0) is 11.6 Å². The molecule has 2 rings (SSSR count). The lowest BCUT2D eigenvalue weighted by atomic mass is 10.1. The number of nitrogens with zero attached hydrogens (tertiary/aromatic N) is 2. The molecule has 0 saturated heterocycles. The molecule has 1 heterocycles. The summed E-state index contributed by atoms with van der Waals surface area (Å²) in [5.41, 5.74) is 3.61. The van der Waals surface area contributed by atoms with Gasteiger partial charge in [-0.15, -0.1) is 12.6 Å². The summed E-state index contributed by atoms with van der Waals surface area (Å²) in [7, 11) is 0. The number of nitrogens with one attached hydrogen (secondary N) is 1. The van der Waals surface area contributed by atoms with Gasteiger partial charge in [-0.3, -0.25) is 0 Å². The SMILES string of the molecule is OC(Cc1ccccc1Cl)CN1NC=NC1S. The van der Waals surface area contributed by atoms with Crippen LogP contribution in [0, 0.1) is 0 Å². The standard InChI is InChI=1S/C11H14ClN3OS/c12-10-4-2-1-3-8(10)5-9(16)6-15-11(17)13-7-14-15/h1-4,7,9,11,16-17H,5-6H2,(H,13,14). The van der Waals surface area contributed by atoms with Crippen molar-refractivity contribution in [3.05, 3.63) is 34.9 Å². The zero-order valence-corrected chi connectivity index (χ0v) is 10.8. The van der Waals surface area contributed by atoms with E-state index in [0.29, 0.717) is 18.0 Å². The number of β-amino-alcohol motifs (C(OH)–C–C–N with tert-alkyl or cyclic N) is 1. The predicted octanol–water partition coefficient (Wildman–Crippen LogP) is 1.31. The summed E-state index contributed by atoms with van der Waals surface area (Å²) in [6.07, 6.45) is 1.57. The molecule has 1 aliphatic heterocycles. The Hall–Kier alpha value is -0.750. The minimum absolute atomic E-state index is 0.240. The van der Waals surface area contributed by atoms with Crippen LogP contribution in [-0.2, 0) is 6.42 Å². The fourth-order valence-electron chi connectivity index (χ4n) is 1.68. The summed E-state index contributed by atoms with van der Waals surface area (Å²) in [6.45, 7) is 0.444. The van der Waals surface area contributed by atoms with Gasteiger partial charge in [-0.2, -0.15) is 5.01 Å². The van der Waals surface area contributed by atoms with Gasteiger partial charge in [-0.1, -0.05) is 29.8 Å². The zero-order chi connectivity index (χ0) is 12.3. The Morgan fingerprint density at radius 2 is 2.29 bits per heavy atom. The normalized spacial score (nSPS) is 21.5. The van der Waals surface area contributed by atoms with Gasteiger partial charge >= 0.3 is 0 Å². The molecule has 0 aliphatic carbocycles. The van der Waals surface area contributed by atoms with Gasteiger partial charge in [0.05, 0.1) is 12.4 Å². The summed E-state index contributed by atoms with van der Waals surface area (Å²) in [6, 6.07) is 7.52. The molecule has 1 aromatic carbocycles. The van der Waals surface area contributed by atoms with Crippen molar-refractivity contribution in [1.82, 2.24) is 10.4 Å². The van der Waals surface area contributed by atoms with E-state index in [9.17, 15) is 5.11 Å². The van der Waals surface area contributed by atoms with Crippen molar-refractivity contribution in [1.29, 1.82) is 0 Å². The summed E-state index contributed by atoms with van der Waals surface area (Å²) < 4.78 is 0. The largest absolute Gasteiger partial charge is 0.391 e. The Morgan fingerprint density at radius 1 is 1.53 bits per heavy atom. The number of rotatable bonds is 4. The lowest BCUT2D eigenvalue weighted by Gasteiger charge is -2.22. The van der Waals surface area contributed by atoms with Gasteiger partial charge in [0, 0.05) is 18.0 Å². The van der Waals surface area contributed by atoms with Gasteiger partial charge < -0.3 is 10.5 Å². The molecular weight excluding hydrogens is 258 g/mol.